The standard InChI is InChI=1S/C33H60N4O17/c1-31(2,3)52-28(45)35-13-10-14(36-29(46)53-32(4,5)6)25(51-27-22(43)21(42)19(40)15(11-34)48-27)23(44)24(13)50-26-20(41)17(18(39)16(12-38)49-26)37-30(47)54-33(7,8)9/h13-27,38-44H,10-12,34H2,1-9H3,(H,35,45)(H,36,46)(H,37,47)/t13-,14?,15?,16?,17?,18+,19-,20?,21+,22?,23-,24?,25-,26+,27-/m1/s1. The molecule has 3 fully saturated rings. The monoisotopic (exact) mass is 784 g/mol. The van der Waals surface area contributed by atoms with Crippen LogP contribution in [0.4, 0.5) is 14.4 Å². The highest BCUT2D eigenvalue weighted by Crippen LogP contribution is 2.33. The highest BCUT2D eigenvalue weighted by Gasteiger charge is 2.54. The molecule has 2 aliphatic heterocycles. The summed E-state index contributed by atoms with van der Waals surface area (Å²) < 4.78 is 39.5. The van der Waals surface area contributed by atoms with E-state index < -0.39 is 133 Å². The topological polar surface area (TPSA) is 320 Å². The zero-order chi connectivity index (χ0) is 41.1. The zero-order valence-electron chi connectivity index (χ0n) is 32.1. The number of nitrogens with two attached hydrogens (primary N) is 1. The Morgan fingerprint density at radius 3 is 1.41 bits per heavy atom. The molecule has 0 aromatic rings. The van der Waals surface area contributed by atoms with Gasteiger partial charge in [0.15, 0.2) is 12.6 Å². The van der Waals surface area contributed by atoms with Gasteiger partial charge in [-0.1, -0.05) is 0 Å². The predicted molar refractivity (Wildman–Crippen MR) is 183 cm³/mol. The molecule has 21 heteroatoms. The normalized spacial score (nSPS) is 37.8. The van der Waals surface area contributed by atoms with E-state index in [1.807, 2.05) is 0 Å². The Kier molecular flexibility index (Phi) is 15.3. The van der Waals surface area contributed by atoms with Crippen LogP contribution >= 0.6 is 0 Å². The lowest BCUT2D eigenvalue weighted by Crippen LogP contribution is -2.70. The SMILES string of the molecule is CC(C)(C)OC(=O)NC1C(O)[C@H](OC2[C@@H](O)[C@H](O[C@H]3OC(CN)[C@@H](O)[C@H](O)C3O)C(NC(=O)OC(C)(C)C)C[C@H]2NC(=O)OC(C)(C)C)OC(CO)[C@@H]1O. The summed E-state index contributed by atoms with van der Waals surface area (Å²) in [5, 5.41) is 83.5. The number of nitrogens with one attached hydrogen (secondary N) is 3. The molecular formula is C33H60N4O17. The first-order chi connectivity index (χ1) is 24.7. The second-order valence-corrected chi connectivity index (χ2v) is 16.6. The first kappa shape index (κ1) is 45.7. The smallest absolute Gasteiger partial charge is 0.408 e. The number of ether oxygens (including phenoxy) is 7. The van der Waals surface area contributed by atoms with Gasteiger partial charge in [0, 0.05) is 6.54 Å². The van der Waals surface area contributed by atoms with Crippen LogP contribution in [0.5, 0.6) is 0 Å². The Balaban J connectivity index is 2.04. The van der Waals surface area contributed by atoms with Crippen molar-refractivity contribution in [1.82, 2.24) is 16.0 Å². The van der Waals surface area contributed by atoms with Crippen LogP contribution in [0.25, 0.3) is 0 Å². The molecule has 3 rings (SSSR count). The van der Waals surface area contributed by atoms with E-state index in [1.54, 1.807) is 62.3 Å². The molecular weight excluding hydrogens is 724 g/mol. The maximum atomic E-state index is 13.1. The van der Waals surface area contributed by atoms with Gasteiger partial charge in [-0.25, -0.2) is 14.4 Å². The fourth-order valence-corrected chi connectivity index (χ4v) is 6.10. The Bertz CT molecular complexity index is 1260. The van der Waals surface area contributed by atoms with Gasteiger partial charge in [0.25, 0.3) is 0 Å². The van der Waals surface area contributed by atoms with Crippen molar-refractivity contribution in [2.75, 3.05) is 13.2 Å². The number of alkyl carbamates (subject to hydrolysis) is 3. The zero-order valence-corrected chi connectivity index (χ0v) is 32.1. The van der Waals surface area contributed by atoms with E-state index >= 15 is 0 Å². The van der Waals surface area contributed by atoms with Gasteiger partial charge >= 0.3 is 18.3 Å². The van der Waals surface area contributed by atoms with Crippen LogP contribution in [-0.2, 0) is 33.2 Å². The largest absolute Gasteiger partial charge is 0.444 e. The number of hydrogen-bond donors (Lipinski definition) is 11. The summed E-state index contributed by atoms with van der Waals surface area (Å²) in [7, 11) is 0. The molecule has 0 spiro atoms. The van der Waals surface area contributed by atoms with Crippen molar-refractivity contribution in [3.05, 3.63) is 0 Å². The minimum Gasteiger partial charge on any atom is -0.444 e. The van der Waals surface area contributed by atoms with Crippen LogP contribution in [0.1, 0.15) is 68.7 Å². The second-order valence-electron chi connectivity index (χ2n) is 16.6. The second kappa shape index (κ2) is 18.1. The average Bonchev–Trinajstić information content (AvgIpc) is 3.01. The van der Waals surface area contributed by atoms with E-state index in [1.165, 1.54) is 0 Å². The predicted octanol–water partition coefficient (Wildman–Crippen LogP) is -2.59. The molecule has 15 atom stereocenters. The number of carbonyl (C=O) groups excluding carboxylic acids is 3. The molecule has 3 amide bonds. The first-order valence-electron chi connectivity index (χ1n) is 17.7. The number of aliphatic hydroxyl groups is 7. The summed E-state index contributed by atoms with van der Waals surface area (Å²) in [5.41, 5.74) is 2.77. The van der Waals surface area contributed by atoms with E-state index in [0.717, 1.165) is 0 Å². The number of amides is 3. The summed E-state index contributed by atoms with van der Waals surface area (Å²) in [6.45, 7) is 13.3. The van der Waals surface area contributed by atoms with Crippen LogP contribution < -0.4 is 21.7 Å². The third kappa shape index (κ3) is 12.4. The lowest BCUT2D eigenvalue weighted by Gasteiger charge is -2.49. The van der Waals surface area contributed by atoms with Crippen molar-refractivity contribution in [1.29, 1.82) is 0 Å². The summed E-state index contributed by atoms with van der Waals surface area (Å²) >= 11 is 0. The Hall–Kier alpha value is -2.67. The fraction of sp³-hybridized carbons (Fsp3) is 0.909. The number of rotatable bonds is 9. The van der Waals surface area contributed by atoms with Crippen molar-refractivity contribution in [2.45, 2.75) is 177 Å². The molecule has 0 aromatic carbocycles. The van der Waals surface area contributed by atoms with E-state index in [0.29, 0.717) is 0 Å². The fourth-order valence-electron chi connectivity index (χ4n) is 6.10. The van der Waals surface area contributed by atoms with Crippen molar-refractivity contribution in [3.8, 4) is 0 Å². The minimum atomic E-state index is -1.93. The van der Waals surface area contributed by atoms with Crippen molar-refractivity contribution >= 4 is 18.3 Å². The van der Waals surface area contributed by atoms with E-state index in [2.05, 4.69) is 16.0 Å². The van der Waals surface area contributed by atoms with Gasteiger partial charge in [0.2, 0.25) is 0 Å². The molecule has 2 saturated heterocycles. The van der Waals surface area contributed by atoms with E-state index in [4.69, 9.17) is 38.9 Å². The summed E-state index contributed by atoms with van der Waals surface area (Å²) in [4.78, 5) is 38.9. The lowest BCUT2D eigenvalue weighted by molar-refractivity contribution is -0.333. The van der Waals surface area contributed by atoms with Crippen LogP contribution in [0.15, 0.2) is 0 Å². The van der Waals surface area contributed by atoms with Gasteiger partial charge in [-0.15, -0.1) is 0 Å². The molecule has 7 unspecified atom stereocenters. The number of carbonyl (C=O) groups is 3. The van der Waals surface area contributed by atoms with Crippen LogP contribution in [0, 0.1) is 0 Å². The lowest BCUT2D eigenvalue weighted by atomic mass is 9.83. The molecule has 0 radical (unpaired) electrons. The summed E-state index contributed by atoms with van der Waals surface area (Å²) in [6, 6.07) is -4.10. The van der Waals surface area contributed by atoms with Gasteiger partial charge in [-0.05, 0) is 68.7 Å². The van der Waals surface area contributed by atoms with E-state index in [-0.39, 0.29) is 13.0 Å². The van der Waals surface area contributed by atoms with Crippen molar-refractivity contribution in [2.24, 2.45) is 5.73 Å². The van der Waals surface area contributed by atoms with Gasteiger partial charge in [0.05, 0.1) is 24.7 Å². The minimum absolute atomic E-state index is 0.307. The third-order valence-corrected chi connectivity index (χ3v) is 8.43. The highest BCUT2D eigenvalue weighted by molar-refractivity contribution is 5.69. The molecule has 314 valence electrons. The molecule has 54 heavy (non-hydrogen) atoms. The van der Waals surface area contributed by atoms with Gasteiger partial charge < -0.3 is 90.6 Å². The van der Waals surface area contributed by atoms with Crippen molar-refractivity contribution in [3.63, 3.8) is 0 Å². The Morgan fingerprint density at radius 2 is 1.00 bits per heavy atom. The Labute approximate surface area is 313 Å². The van der Waals surface area contributed by atoms with Crippen molar-refractivity contribution < 1.29 is 83.3 Å². The van der Waals surface area contributed by atoms with Crippen LogP contribution in [-0.4, -0.2) is 176 Å². The molecule has 1 saturated carbocycles. The summed E-state index contributed by atoms with van der Waals surface area (Å²) in [5.74, 6) is 0. The quantitative estimate of drug-likeness (QED) is 0.107. The van der Waals surface area contributed by atoms with E-state index in [9.17, 15) is 50.1 Å². The molecule has 21 nitrogen and oxygen atoms in total. The molecule has 1 aliphatic carbocycles. The maximum absolute atomic E-state index is 13.1. The average molecular weight is 785 g/mol. The summed E-state index contributed by atoms with van der Waals surface area (Å²) in [6.07, 6.45) is -23.5. The van der Waals surface area contributed by atoms with Crippen LogP contribution in [0.3, 0.4) is 0 Å². The van der Waals surface area contributed by atoms with Gasteiger partial charge in [-0.2, -0.15) is 0 Å². The number of hydrogen-bond acceptors (Lipinski definition) is 18. The molecule has 0 bridgehead atoms. The highest BCUT2D eigenvalue weighted by atomic mass is 16.7. The first-order valence-corrected chi connectivity index (χ1v) is 17.7. The number of aliphatic hydroxyl groups excluding tert-OH is 7. The van der Waals surface area contributed by atoms with Gasteiger partial charge in [-0.3, -0.25) is 0 Å². The van der Waals surface area contributed by atoms with Crippen LogP contribution in [0.2, 0.25) is 0 Å². The molecule has 2 heterocycles. The third-order valence-electron chi connectivity index (χ3n) is 8.43. The molecule has 12 N–H and O–H groups in total. The molecule has 3 aliphatic rings. The maximum Gasteiger partial charge on any atom is 0.408 e. The Morgan fingerprint density at radius 1 is 0.593 bits per heavy atom. The van der Waals surface area contributed by atoms with Gasteiger partial charge in [0.1, 0.15) is 77.8 Å². The molecule has 0 aromatic heterocycles.